The van der Waals surface area contributed by atoms with E-state index >= 15 is 0 Å². The van der Waals surface area contributed by atoms with Gasteiger partial charge >= 0.3 is 5.97 Å². The van der Waals surface area contributed by atoms with Gasteiger partial charge in [0.15, 0.2) is 11.5 Å². The van der Waals surface area contributed by atoms with E-state index in [1.54, 1.807) is 20.3 Å². The lowest BCUT2D eigenvalue weighted by Gasteiger charge is -2.37. The van der Waals surface area contributed by atoms with Crippen molar-refractivity contribution in [3.05, 3.63) is 52.7 Å². The number of carbonyl (C=O) groups excluding carboxylic acids is 1. The average molecular weight is 381 g/mol. The topological polar surface area (TPSA) is 75.3 Å². The molecule has 3 aliphatic heterocycles. The van der Waals surface area contributed by atoms with Crippen molar-refractivity contribution in [1.82, 2.24) is 0 Å². The summed E-state index contributed by atoms with van der Waals surface area (Å²) in [5.74, 6) is 2.27. The van der Waals surface area contributed by atoms with Crippen molar-refractivity contribution in [1.29, 1.82) is 0 Å². The molecular weight excluding hydrogens is 362 g/mol. The molecule has 5 rings (SSSR count). The van der Waals surface area contributed by atoms with Crippen LogP contribution in [0, 0.1) is 0 Å². The molecule has 0 aliphatic carbocycles. The Morgan fingerprint density at radius 3 is 2.32 bits per heavy atom. The van der Waals surface area contributed by atoms with Crippen molar-refractivity contribution in [2.75, 3.05) is 32.9 Å². The number of methoxy groups -OCH3 is 2. The maximum absolute atomic E-state index is 12.7. The van der Waals surface area contributed by atoms with Gasteiger partial charge in [-0.1, -0.05) is 0 Å². The van der Waals surface area contributed by atoms with Gasteiger partial charge in [-0.3, -0.25) is 0 Å². The monoisotopic (exact) mass is 381 g/mol. The van der Waals surface area contributed by atoms with Gasteiger partial charge in [-0.25, -0.2) is 4.79 Å². The largest absolute Gasteiger partial charge is 0.497 e. The summed E-state index contributed by atoms with van der Waals surface area (Å²) >= 11 is 0. The highest BCUT2D eigenvalue weighted by molar-refractivity contribution is 5.99. The van der Waals surface area contributed by atoms with Crippen molar-refractivity contribution in [3.63, 3.8) is 0 Å². The minimum Gasteiger partial charge on any atom is -0.497 e. The number of carbonyl (C=O) groups is 1. The molecule has 1 N–H and O–H groups in total. The molecule has 144 valence electrons. The Morgan fingerprint density at radius 2 is 1.64 bits per heavy atom. The fourth-order valence-corrected chi connectivity index (χ4v) is 4.16. The van der Waals surface area contributed by atoms with Crippen LogP contribution in [0.3, 0.4) is 0 Å². The molecule has 1 atom stereocenters. The zero-order valence-electron chi connectivity index (χ0n) is 15.8. The second kappa shape index (κ2) is 5.82. The van der Waals surface area contributed by atoms with Crippen LogP contribution < -0.4 is 24.3 Å². The average Bonchev–Trinajstić information content (AvgIpc) is 3.32. The van der Waals surface area contributed by atoms with Crippen molar-refractivity contribution in [3.8, 4) is 23.0 Å². The minimum absolute atomic E-state index is 0.178. The Morgan fingerprint density at radius 1 is 0.964 bits per heavy atom. The van der Waals surface area contributed by atoms with Crippen LogP contribution in [0.2, 0.25) is 0 Å². The number of hydrogen-bond donors (Lipinski definition) is 1. The van der Waals surface area contributed by atoms with E-state index in [1.807, 2.05) is 31.2 Å². The Kier molecular flexibility index (Phi) is 3.49. The number of nitrogens with one attached hydrogen (secondary N) is 1. The lowest BCUT2D eigenvalue weighted by atomic mass is 9.68. The Bertz CT molecular complexity index is 1020. The van der Waals surface area contributed by atoms with Gasteiger partial charge in [-0.05, 0) is 36.2 Å². The molecule has 1 unspecified atom stereocenters. The molecule has 0 aromatic heterocycles. The third-order valence-electron chi connectivity index (χ3n) is 5.62. The van der Waals surface area contributed by atoms with E-state index in [2.05, 4.69) is 5.32 Å². The van der Waals surface area contributed by atoms with E-state index in [9.17, 15) is 4.79 Å². The van der Waals surface area contributed by atoms with E-state index in [1.165, 1.54) is 0 Å². The van der Waals surface area contributed by atoms with E-state index in [-0.39, 0.29) is 19.4 Å². The van der Waals surface area contributed by atoms with Crippen LogP contribution in [0.5, 0.6) is 23.0 Å². The molecule has 7 heteroatoms. The van der Waals surface area contributed by atoms with Crippen molar-refractivity contribution < 1.29 is 28.5 Å². The van der Waals surface area contributed by atoms with E-state index in [0.717, 1.165) is 22.5 Å². The van der Waals surface area contributed by atoms with Crippen LogP contribution >= 0.6 is 0 Å². The molecule has 0 amide bonds. The summed E-state index contributed by atoms with van der Waals surface area (Å²) in [6, 6.07) is 9.46. The molecule has 0 bridgehead atoms. The van der Waals surface area contributed by atoms with E-state index < -0.39 is 5.41 Å². The lowest BCUT2D eigenvalue weighted by molar-refractivity contribution is -0.136. The molecule has 2 aromatic carbocycles. The van der Waals surface area contributed by atoms with Gasteiger partial charge in [-0.2, -0.15) is 0 Å². The molecule has 2 aromatic rings. The minimum atomic E-state index is -0.785. The van der Waals surface area contributed by atoms with Gasteiger partial charge in [0, 0.05) is 17.8 Å². The number of rotatable bonds is 3. The standard InChI is InChI=1S/C21H19NO6/c1-21(11-4-12(24-2)6-13(5-11)25-3)14-7-17-18(28-10-27-17)8-15(14)22-16-9-26-20(23)19(16)21/h4-8,22H,9-10H2,1-3H3. The van der Waals surface area contributed by atoms with Crippen LogP contribution in [0.15, 0.2) is 41.6 Å². The third-order valence-corrected chi connectivity index (χ3v) is 5.62. The van der Waals surface area contributed by atoms with Crippen LogP contribution in [-0.2, 0) is 14.9 Å². The predicted octanol–water partition coefficient (Wildman–Crippen LogP) is 2.97. The number of esters is 1. The molecule has 7 nitrogen and oxygen atoms in total. The first kappa shape index (κ1) is 16.8. The second-order valence-corrected chi connectivity index (χ2v) is 7.03. The quantitative estimate of drug-likeness (QED) is 0.819. The Balaban J connectivity index is 1.80. The summed E-state index contributed by atoms with van der Waals surface area (Å²) in [5.41, 5.74) is 3.15. The van der Waals surface area contributed by atoms with Gasteiger partial charge in [-0.15, -0.1) is 0 Å². The van der Waals surface area contributed by atoms with Crippen molar-refractivity contribution in [2.45, 2.75) is 12.3 Å². The maximum atomic E-state index is 12.7. The van der Waals surface area contributed by atoms with Gasteiger partial charge in [0.25, 0.3) is 0 Å². The predicted molar refractivity (Wildman–Crippen MR) is 100 cm³/mol. The van der Waals surface area contributed by atoms with Crippen LogP contribution in [0.4, 0.5) is 5.69 Å². The number of anilines is 1. The van der Waals surface area contributed by atoms with E-state index in [0.29, 0.717) is 28.6 Å². The zero-order valence-corrected chi connectivity index (χ0v) is 15.8. The summed E-state index contributed by atoms with van der Waals surface area (Å²) in [7, 11) is 3.20. The molecule has 0 saturated heterocycles. The van der Waals surface area contributed by atoms with Crippen LogP contribution in [0.25, 0.3) is 0 Å². The number of ether oxygens (including phenoxy) is 5. The molecule has 0 saturated carbocycles. The molecule has 3 aliphatic rings. The summed E-state index contributed by atoms with van der Waals surface area (Å²) in [5, 5.41) is 3.34. The van der Waals surface area contributed by atoms with E-state index in [4.69, 9.17) is 23.7 Å². The summed E-state index contributed by atoms with van der Waals surface area (Å²) in [6.07, 6.45) is 0. The highest BCUT2D eigenvalue weighted by Gasteiger charge is 2.48. The first-order chi connectivity index (χ1) is 13.5. The summed E-state index contributed by atoms with van der Waals surface area (Å²) < 4.78 is 27.4. The van der Waals surface area contributed by atoms with Gasteiger partial charge in [0.05, 0.1) is 30.9 Å². The number of hydrogen-bond acceptors (Lipinski definition) is 7. The smallest absolute Gasteiger partial charge is 0.337 e. The summed E-state index contributed by atoms with van der Waals surface area (Å²) in [4.78, 5) is 12.7. The van der Waals surface area contributed by atoms with Crippen LogP contribution in [0.1, 0.15) is 18.1 Å². The highest BCUT2D eigenvalue weighted by atomic mass is 16.7. The molecule has 0 fully saturated rings. The lowest BCUT2D eigenvalue weighted by Crippen LogP contribution is -2.35. The van der Waals surface area contributed by atoms with Crippen LogP contribution in [-0.4, -0.2) is 33.6 Å². The van der Waals surface area contributed by atoms with Crippen molar-refractivity contribution in [2.24, 2.45) is 0 Å². The molecule has 0 spiro atoms. The number of fused-ring (bicyclic) bond motifs is 2. The third kappa shape index (κ3) is 2.19. The van der Waals surface area contributed by atoms with Gasteiger partial charge < -0.3 is 29.0 Å². The van der Waals surface area contributed by atoms with Crippen molar-refractivity contribution >= 4 is 11.7 Å². The fraction of sp³-hybridized carbons (Fsp3) is 0.286. The zero-order chi connectivity index (χ0) is 19.5. The Hall–Kier alpha value is -3.35. The van der Waals surface area contributed by atoms with Gasteiger partial charge in [0.2, 0.25) is 6.79 Å². The highest BCUT2D eigenvalue weighted by Crippen LogP contribution is 2.53. The number of benzene rings is 2. The van der Waals surface area contributed by atoms with Gasteiger partial charge in [0.1, 0.15) is 18.1 Å². The fourth-order valence-electron chi connectivity index (χ4n) is 4.16. The molecule has 3 heterocycles. The Labute approximate surface area is 161 Å². The first-order valence-corrected chi connectivity index (χ1v) is 8.90. The number of cyclic esters (lactones) is 1. The molecule has 28 heavy (non-hydrogen) atoms. The maximum Gasteiger partial charge on any atom is 0.337 e. The second-order valence-electron chi connectivity index (χ2n) is 7.03. The normalized spacial score (nSPS) is 21.6. The first-order valence-electron chi connectivity index (χ1n) is 8.90. The molecule has 0 radical (unpaired) electrons. The SMILES string of the molecule is COc1cc(OC)cc(C2(C)C3=C(COC3=O)Nc3cc4c(cc32)OCO4)c1. The summed E-state index contributed by atoms with van der Waals surface area (Å²) in [6.45, 7) is 2.39. The molecular formula is C21H19NO6.